The first kappa shape index (κ1) is 32.8. The number of hydrogen-bond acceptors (Lipinski definition) is 3. The Morgan fingerprint density at radius 1 is 0.397 bits per heavy atom. The van der Waals surface area contributed by atoms with E-state index in [1.165, 1.54) is 27.6 Å². The second kappa shape index (κ2) is 12.3. The van der Waals surface area contributed by atoms with Gasteiger partial charge in [0.15, 0.2) is 0 Å². The molecule has 58 heavy (non-hydrogen) atoms. The standard InChI is InChI=1S/C55H37NO2/c1-55(2)47-18-8-5-14-40(47)41-31-28-38(33-48(41)55)56(37-26-22-34(23-27-37)36-25-29-44-43-16-7-10-20-50(43)57-52(44)32-36)49-19-9-6-15-42(49)45-17-11-21-51-53(45)46-30-24-35-12-3-4-13-39(35)54(46)58-51/h3-33H,1-2H3. The maximum Gasteiger partial charge on any atom is 0.143 e. The Bertz CT molecular complexity index is 3440. The molecule has 274 valence electrons. The monoisotopic (exact) mass is 743 g/mol. The summed E-state index contributed by atoms with van der Waals surface area (Å²) < 4.78 is 13.0. The van der Waals surface area contributed by atoms with Crippen LogP contribution < -0.4 is 4.90 Å². The van der Waals surface area contributed by atoms with Gasteiger partial charge in [-0.25, -0.2) is 0 Å². The van der Waals surface area contributed by atoms with Crippen molar-refractivity contribution in [3.05, 3.63) is 199 Å². The van der Waals surface area contributed by atoms with Crippen LogP contribution in [0.2, 0.25) is 0 Å². The van der Waals surface area contributed by atoms with Gasteiger partial charge in [0.1, 0.15) is 22.3 Å². The molecule has 0 fully saturated rings. The molecule has 12 rings (SSSR count). The van der Waals surface area contributed by atoms with E-state index in [0.717, 1.165) is 88.6 Å². The SMILES string of the molecule is CC1(C)c2ccccc2-c2ccc(N(c3ccc(-c4ccc5c(c4)oc4ccccc45)cc3)c3ccccc3-c3cccc4oc5c6ccccc6ccc5c34)cc21. The van der Waals surface area contributed by atoms with Crippen LogP contribution >= 0.6 is 0 Å². The van der Waals surface area contributed by atoms with E-state index in [9.17, 15) is 0 Å². The van der Waals surface area contributed by atoms with Gasteiger partial charge in [-0.2, -0.15) is 0 Å². The average Bonchev–Trinajstić information content (AvgIpc) is 3.92. The molecule has 2 aromatic heterocycles. The summed E-state index contributed by atoms with van der Waals surface area (Å²) in [5, 5.41) is 6.81. The lowest BCUT2D eigenvalue weighted by Crippen LogP contribution is -2.16. The number of benzene rings is 9. The normalized spacial score (nSPS) is 13.1. The number of nitrogens with zero attached hydrogens (tertiary/aromatic N) is 1. The van der Waals surface area contributed by atoms with Crippen molar-refractivity contribution in [3.63, 3.8) is 0 Å². The average molecular weight is 744 g/mol. The van der Waals surface area contributed by atoms with Gasteiger partial charge in [-0.3, -0.25) is 0 Å². The fraction of sp³-hybridized carbons (Fsp3) is 0.0545. The molecular weight excluding hydrogens is 707 g/mol. The summed E-state index contributed by atoms with van der Waals surface area (Å²) in [6, 6.07) is 67.8. The third kappa shape index (κ3) is 4.80. The lowest BCUT2D eigenvalue weighted by molar-refractivity contribution is 0.660. The first-order chi connectivity index (χ1) is 28.5. The smallest absolute Gasteiger partial charge is 0.143 e. The zero-order chi connectivity index (χ0) is 38.5. The topological polar surface area (TPSA) is 29.5 Å². The summed E-state index contributed by atoms with van der Waals surface area (Å²) in [5.41, 5.74) is 16.6. The van der Waals surface area contributed by atoms with Gasteiger partial charge < -0.3 is 13.7 Å². The first-order valence-electron chi connectivity index (χ1n) is 20.0. The van der Waals surface area contributed by atoms with Gasteiger partial charge in [-0.05, 0) is 105 Å². The molecule has 0 radical (unpaired) electrons. The third-order valence-electron chi connectivity index (χ3n) is 12.5. The van der Waals surface area contributed by atoms with Crippen molar-refractivity contribution in [3.8, 4) is 33.4 Å². The quantitative estimate of drug-likeness (QED) is 0.176. The molecule has 1 aliphatic rings. The summed E-state index contributed by atoms with van der Waals surface area (Å²) in [7, 11) is 0. The predicted octanol–water partition coefficient (Wildman–Crippen LogP) is 15.7. The molecule has 3 heteroatoms. The maximum atomic E-state index is 6.68. The van der Waals surface area contributed by atoms with Crippen LogP contribution in [0.25, 0.3) is 88.0 Å². The van der Waals surface area contributed by atoms with E-state index >= 15 is 0 Å². The van der Waals surface area contributed by atoms with E-state index in [1.807, 2.05) is 12.1 Å². The Hall–Kier alpha value is -7.36. The minimum atomic E-state index is -0.143. The van der Waals surface area contributed by atoms with Crippen LogP contribution in [0, 0.1) is 0 Å². The molecule has 3 nitrogen and oxygen atoms in total. The van der Waals surface area contributed by atoms with Crippen LogP contribution in [0.4, 0.5) is 17.1 Å². The second-order valence-electron chi connectivity index (χ2n) is 16.1. The van der Waals surface area contributed by atoms with Crippen molar-refractivity contribution in [2.75, 3.05) is 4.90 Å². The van der Waals surface area contributed by atoms with Gasteiger partial charge >= 0.3 is 0 Å². The summed E-state index contributed by atoms with van der Waals surface area (Å²) in [5.74, 6) is 0. The molecule has 0 saturated carbocycles. The Morgan fingerprint density at radius 3 is 1.95 bits per heavy atom. The van der Waals surface area contributed by atoms with Gasteiger partial charge in [-0.15, -0.1) is 0 Å². The fourth-order valence-corrected chi connectivity index (χ4v) is 9.64. The predicted molar refractivity (Wildman–Crippen MR) is 242 cm³/mol. The van der Waals surface area contributed by atoms with Gasteiger partial charge in [0.25, 0.3) is 0 Å². The highest BCUT2D eigenvalue weighted by Crippen LogP contribution is 2.52. The van der Waals surface area contributed by atoms with Crippen molar-refractivity contribution < 1.29 is 8.83 Å². The Labute approximate surface area is 336 Å². The first-order valence-corrected chi connectivity index (χ1v) is 20.0. The summed E-state index contributed by atoms with van der Waals surface area (Å²) >= 11 is 0. The molecule has 0 aliphatic heterocycles. The number of anilines is 3. The molecule has 0 spiro atoms. The largest absolute Gasteiger partial charge is 0.456 e. The van der Waals surface area contributed by atoms with Crippen LogP contribution in [-0.2, 0) is 5.41 Å². The minimum Gasteiger partial charge on any atom is -0.456 e. The van der Waals surface area contributed by atoms with Gasteiger partial charge in [0, 0.05) is 49.3 Å². The van der Waals surface area contributed by atoms with E-state index < -0.39 is 0 Å². The highest BCUT2D eigenvalue weighted by Gasteiger charge is 2.36. The molecule has 1 aliphatic carbocycles. The van der Waals surface area contributed by atoms with Crippen molar-refractivity contribution >= 4 is 71.7 Å². The molecule has 0 unspecified atom stereocenters. The van der Waals surface area contributed by atoms with Crippen LogP contribution in [0.5, 0.6) is 0 Å². The molecule has 0 bridgehead atoms. The van der Waals surface area contributed by atoms with E-state index in [4.69, 9.17) is 8.83 Å². The van der Waals surface area contributed by atoms with Crippen molar-refractivity contribution in [1.29, 1.82) is 0 Å². The lowest BCUT2D eigenvalue weighted by Gasteiger charge is -2.30. The third-order valence-corrected chi connectivity index (χ3v) is 12.5. The molecule has 0 N–H and O–H groups in total. The number of para-hydroxylation sites is 2. The van der Waals surface area contributed by atoms with Crippen molar-refractivity contribution in [2.45, 2.75) is 19.3 Å². The van der Waals surface area contributed by atoms with Crippen molar-refractivity contribution in [2.24, 2.45) is 0 Å². The summed E-state index contributed by atoms with van der Waals surface area (Å²) in [6.45, 7) is 4.70. The molecule has 11 aromatic rings. The Morgan fingerprint density at radius 2 is 1.05 bits per heavy atom. The van der Waals surface area contributed by atoms with E-state index in [-0.39, 0.29) is 5.41 Å². The zero-order valence-electron chi connectivity index (χ0n) is 32.2. The highest BCUT2D eigenvalue weighted by atomic mass is 16.3. The number of hydrogen-bond donors (Lipinski definition) is 0. The maximum absolute atomic E-state index is 6.68. The van der Waals surface area contributed by atoms with E-state index in [2.05, 4.69) is 195 Å². The van der Waals surface area contributed by atoms with Gasteiger partial charge in [-0.1, -0.05) is 141 Å². The Balaban J connectivity index is 1.05. The van der Waals surface area contributed by atoms with E-state index in [0.29, 0.717) is 0 Å². The molecule has 0 atom stereocenters. The molecule has 2 heterocycles. The van der Waals surface area contributed by atoms with Crippen molar-refractivity contribution in [1.82, 2.24) is 0 Å². The summed E-state index contributed by atoms with van der Waals surface area (Å²) in [4.78, 5) is 2.43. The number of rotatable bonds is 5. The Kier molecular flexibility index (Phi) is 6.98. The zero-order valence-corrected chi connectivity index (χ0v) is 32.2. The summed E-state index contributed by atoms with van der Waals surface area (Å²) in [6.07, 6.45) is 0. The van der Waals surface area contributed by atoms with Crippen LogP contribution in [-0.4, -0.2) is 0 Å². The fourth-order valence-electron chi connectivity index (χ4n) is 9.64. The lowest BCUT2D eigenvalue weighted by atomic mass is 9.82. The van der Waals surface area contributed by atoms with Crippen LogP contribution in [0.3, 0.4) is 0 Å². The highest BCUT2D eigenvalue weighted by molar-refractivity contribution is 6.20. The van der Waals surface area contributed by atoms with E-state index in [1.54, 1.807) is 0 Å². The molecule has 0 saturated heterocycles. The number of fused-ring (bicyclic) bond motifs is 11. The molecule has 9 aromatic carbocycles. The van der Waals surface area contributed by atoms with Crippen LogP contribution in [0.1, 0.15) is 25.0 Å². The number of furan rings is 2. The minimum absolute atomic E-state index is 0.143. The van der Waals surface area contributed by atoms with Gasteiger partial charge in [0.05, 0.1) is 5.69 Å². The van der Waals surface area contributed by atoms with Crippen LogP contribution in [0.15, 0.2) is 197 Å². The molecular formula is C55H37NO2. The second-order valence-corrected chi connectivity index (χ2v) is 16.1. The van der Waals surface area contributed by atoms with Gasteiger partial charge in [0.2, 0.25) is 0 Å². The molecule has 0 amide bonds.